The van der Waals surface area contributed by atoms with E-state index in [4.69, 9.17) is 16.3 Å². The van der Waals surface area contributed by atoms with Crippen molar-refractivity contribution < 1.29 is 19.1 Å². The van der Waals surface area contributed by atoms with E-state index in [9.17, 15) is 14.4 Å². The van der Waals surface area contributed by atoms with Gasteiger partial charge in [-0.1, -0.05) is 23.7 Å². The van der Waals surface area contributed by atoms with Gasteiger partial charge in [-0.25, -0.2) is 4.79 Å². The quantitative estimate of drug-likeness (QED) is 0.471. The van der Waals surface area contributed by atoms with Crippen molar-refractivity contribution in [3.8, 4) is 11.1 Å². The molecule has 2 aromatic carbocycles. The SMILES string of the molecule is COC(=O)c1cc(Cl)ccc1NC(=O)CSCC(=O)Nc1cccc(-c2ccncc2)c1. The Morgan fingerprint density at radius 1 is 0.938 bits per heavy atom. The molecule has 164 valence electrons. The molecular weight excluding hydrogens is 450 g/mol. The fourth-order valence-electron chi connectivity index (χ4n) is 2.84. The zero-order chi connectivity index (χ0) is 22.9. The van der Waals surface area contributed by atoms with Gasteiger partial charge in [0.05, 0.1) is 29.9 Å². The van der Waals surface area contributed by atoms with Gasteiger partial charge in [0.25, 0.3) is 0 Å². The Balaban J connectivity index is 1.50. The average Bonchev–Trinajstić information content (AvgIpc) is 2.80. The van der Waals surface area contributed by atoms with Crippen LogP contribution >= 0.6 is 23.4 Å². The van der Waals surface area contributed by atoms with Crippen LogP contribution in [0.4, 0.5) is 11.4 Å². The average molecular weight is 470 g/mol. The number of hydrogen-bond donors (Lipinski definition) is 2. The number of halogens is 1. The number of nitrogens with zero attached hydrogens (tertiary/aromatic N) is 1. The number of thioether (sulfide) groups is 1. The zero-order valence-electron chi connectivity index (χ0n) is 17.1. The van der Waals surface area contributed by atoms with E-state index in [-0.39, 0.29) is 28.9 Å². The molecule has 0 saturated carbocycles. The van der Waals surface area contributed by atoms with Crippen LogP contribution in [0.15, 0.2) is 67.0 Å². The lowest BCUT2D eigenvalue weighted by molar-refractivity contribution is -0.114. The molecule has 7 nitrogen and oxygen atoms in total. The van der Waals surface area contributed by atoms with Gasteiger partial charge >= 0.3 is 5.97 Å². The first-order chi connectivity index (χ1) is 15.5. The summed E-state index contributed by atoms with van der Waals surface area (Å²) < 4.78 is 4.71. The summed E-state index contributed by atoms with van der Waals surface area (Å²) >= 11 is 7.07. The number of anilines is 2. The second kappa shape index (κ2) is 11.3. The predicted molar refractivity (Wildman–Crippen MR) is 127 cm³/mol. The molecule has 0 aliphatic rings. The Hall–Kier alpha value is -3.36. The maximum atomic E-state index is 12.3. The summed E-state index contributed by atoms with van der Waals surface area (Å²) in [6.07, 6.45) is 3.42. The van der Waals surface area contributed by atoms with Gasteiger partial charge in [0.2, 0.25) is 11.8 Å². The third-order valence-corrected chi connectivity index (χ3v) is 5.46. The number of nitrogens with one attached hydrogen (secondary N) is 2. The number of benzene rings is 2. The number of pyridine rings is 1. The fourth-order valence-corrected chi connectivity index (χ4v) is 3.63. The molecule has 0 saturated heterocycles. The van der Waals surface area contributed by atoms with Gasteiger partial charge in [0.15, 0.2) is 0 Å². The molecule has 2 N–H and O–H groups in total. The van der Waals surface area contributed by atoms with E-state index in [1.807, 2.05) is 30.3 Å². The zero-order valence-corrected chi connectivity index (χ0v) is 18.7. The largest absolute Gasteiger partial charge is 0.465 e. The van der Waals surface area contributed by atoms with Crippen LogP contribution in [-0.4, -0.2) is 41.4 Å². The third-order valence-electron chi connectivity index (χ3n) is 4.29. The van der Waals surface area contributed by atoms with Crippen molar-refractivity contribution in [2.45, 2.75) is 0 Å². The van der Waals surface area contributed by atoms with E-state index in [0.29, 0.717) is 16.4 Å². The molecule has 0 atom stereocenters. The van der Waals surface area contributed by atoms with Gasteiger partial charge in [0.1, 0.15) is 0 Å². The van der Waals surface area contributed by atoms with Crippen molar-refractivity contribution >= 4 is 52.5 Å². The monoisotopic (exact) mass is 469 g/mol. The Morgan fingerprint density at radius 3 is 2.38 bits per heavy atom. The van der Waals surface area contributed by atoms with Crippen LogP contribution in [0, 0.1) is 0 Å². The molecule has 2 amide bonds. The minimum absolute atomic E-state index is 0.0354. The van der Waals surface area contributed by atoms with Crippen molar-refractivity contribution in [1.82, 2.24) is 4.98 Å². The second-order valence-electron chi connectivity index (χ2n) is 6.59. The molecular formula is C23H20ClN3O4S. The van der Waals surface area contributed by atoms with Gasteiger partial charge in [-0.15, -0.1) is 11.8 Å². The van der Waals surface area contributed by atoms with Gasteiger partial charge in [-0.3, -0.25) is 14.6 Å². The first-order valence-corrected chi connectivity index (χ1v) is 11.1. The van der Waals surface area contributed by atoms with E-state index in [2.05, 4.69) is 15.6 Å². The molecule has 1 aromatic heterocycles. The number of methoxy groups -OCH3 is 1. The lowest BCUT2D eigenvalue weighted by Gasteiger charge is -2.10. The number of hydrogen-bond acceptors (Lipinski definition) is 6. The Kier molecular flexibility index (Phi) is 8.24. The Morgan fingerprint density at radius 2 is 1.66 bits per heavy atom. The molecule has 9 heteroatoms. The second-order valence-corrected chi connectivity index (χ2v) is 8.01. The molecule has 0 aliphatic heterocycles. The number of carbonyl (C=O) groups is 3. The van der Waals surface area contributed by atoms with E-state index in [1.54, 1.807) is 24.5 Å². The van der Waals surface area contributed by atoms with E-state index in [1.165, 1.54) is 19.2 Å². The van der Waals surface area contributed by atoms with Gasteiger partial charge in [0, 0.05) is 23.1 Å². The highest BCUT2D eigenvalue weighted by Gasteiger charge is 2.15. The summed E-state index contributed by atoms with van der Waals surface area (Å²) in [6, 6.07) is 15.8. The van der Waals surface area contributed by atoms with Gasteiger partial charge < -0.3 is 15.4 Å². The normalized spacial score (nSPS) is 10.3. The van der Waals surface area contributed by atoms with Crippen molar-refractivity contribution in [2.24, 2.45) is 0 Å². The fraction of sp³-hybridized carbons (Fsp3) is 0.130. The molecule has 0 radical (unpaired) electrons. The minimum atomic E-state index is -0.608. The van der Waals surface area contributed by atoms with E-state index < -0.39 is 5.97 Å². The summed E-state index contributed by atoms with van der Waals surface area (Å²) in [6.45, 7) is 0. The summed E-state index contributed by atoms with van der Waals surface area (Å²) in [5.74, 6) is -1.05. The van der Waals surface area contributed by atoms with Crippen LogP contribution < -0.4 is 10.6 Å². The highest BCUT2D eigenvalue weighted by Crippen LogP contribution is 2.23. The van der Waals surface area contributed by atoms with Crippen molar-refractivity contribution in [3.63, 3.8) is 0 Å². The molecule has 3 rings (SSSR count). The summed E-state index contributed by atoms with van der Waals surface area (Å²) in [5, 5.41) is 5.83. The molecule has 3 aromatic rings. The van der Waals surface area contributed by atoms with Crippen LogP contribution in [0.2, 0.25) is 5.02 Å². The summed E-state index contributed by atoms with van der Waals surface area (Å²) in [7, 11) is 1.25. The molecule has 1 heterocycles. The number of carbonyl (C=O) groups excluding carboxylic acids is 3. The van der Waals surface area contributed by atoms with Gasteiger partial charge in [-0.2, -0.15) is 0 Å². The highest BCUT2D eigenvalue weighted by atomic mass is 35.5. The highest BCUT2D eigenvalue weighted by molar-refractivity contribution is 8.00. The van der Waals surface area contributed by atoms with Crippen LogP contribution in [0.3, 0.4) is 0 Å². The maximum absolute atomic E-state index is 12.3. The Labute approximate surface area is 194 Å². The van der Waals surface area contributed by atoms with Gasteiger partial charge in [-0.05, 0) is 53.6 Å². The van der Waals surface area contributed by atoms with Crippen LogP contribution in [0.25, 0.3) is 11.1 Å². The standard InChI is InChI=1S/C23H20ClN3O4S/c1-31-23(30)19-12-17(24)5-6-20(19)27-22(29)14-32-13-21(28)26-18-4-2-3-16(11-18)15-7-9-25-10-8-15/h2-12H,13-14H2,1H3,(H,26,28)(H,27,29). The molecule has 0 unspecified atom stereocenters. The number of rotatable bonds is 8. The number of esters is 1. The predicted octanol–water partition coefficient (Wildman–Crippen LogP) is 4.50. The number of aromatic nitrogens is 1. The van der Waals surface area contributed by atoms with Crippen LogP contribution in [0.1, 0.15) is 10.4 Å². The molecule has 0 fully saturated rings. The van der Waals surface area contributed by atoms with E-state index >= 15 is 0 Å². The smallest absolute Gasteiger partial charge is 0.340 e. The van der Waals surface area contributed by atoms with Crippen LogP contribution in [0.5, 0.6) is 0 Å². The molecule has 0 aliphatic carbocycles. The lowest BCUT2D eigenvalue weighted by Crippen LogP contribution is -2.19. The number of ether oxygens (including phenoxy) is 1. The Bertz CT molecular complexity index is 1130. The van der Waals surface area contributed by atoms with Crippen molar-refractivity contribution in [1.29, 1.82) is 0 Å². The summed E-state index contributed by atoms with van der Waals surface area (Å²) in [4.78, 5) is 40.4. The lowest BCUT2D eigenvalue weighted by atomic mass is 10.1. The minimum Gasteiger partial charge on any atom is -0.465 e. The topological polar surface area (TPSA) is 97.4 Å². The van der Waals surface area contributed by atoms with Crippen LogP contribution in [-0.2, 0) is 14.3 Å². The maximum Gasteiger partial charge on any atom is 0.340 e. The third kappa shape index (κ3) is 6.57. The van der Waals surface area contributed by atoms with Crippen molar-refractivity contribution in [3.05, 3.63) is 77.6 Å². The molecule has 0 spiro atoms. The number of amides is 2. The first-order valence-electron chi connectivity index (χ1n) is 9.52. The first kappa shape index (κ1) is 23.3. The van der Waals surface area contributed by atoms with E-state index in [0.717, 1.165) is 22.9 Å². The molecule has 32 heavy (non-hydrogen) atoms. The molecule has 0 bridgehead atoms. The summed E-state index contributed by atoms with van der Waals surface area (Å²) in [5.41, 5.74) is 3.07. The van der Waals surface area contributed by atoms with Crippen molar-refractivity contribution in [2.75, 3.05) is 29.2 Å².